The molecule has 4 nitrogen and oxygen atoms in total. The van der Waals surface area contributed by atoms with Crippen molar-refractivity contribution >= 4 is 0 Å². The Kier molecular flexibility index (Phi) is 3.61. The zero-order valence-electron chi connectivity index (χ0n) is 10.3. The van der Waals surface area contributed by atoms with Crippen LogP contribution in [0.15, 0.2) is 6.07 Å². The smallest absolute Gasteiger partial charge is 0.0625 e. The normalized spacial score (nSPS) is 21.8. The minimum Gasteiger partial charge on any atom is -0.329 e. The largest absolute Gasteiger partial charge is 0.329 e. The number of likely N-dealkylation sites (tertiary alicyclic amines) is 1. The number of rotatable bonds is 4. The molecule has 2 N–H and O–H groups in total. The van der Waals surface area contributed by atoms with Gasteiger partial charge >= 0.3 is 0 Å². The van der Waals surface area contributed by atoms with E-state index in [0.717, 1.165) is 19.5 Å². The third kappa shape index (κ3) is 2.28. The van der Waals surface area contributed by atoms with Crippen LogP contribution < -0.4 is 5.73 Å². The van der Waals surface area contributed by atoms with Crippen LogP contribution in [0, 0.1) is 0 Å². The van der Waals surface area contributed by atoms with Gasteiger partial charge in [0.25, 0.3) is 0 Å². The second-order valence-electron chi connectivity index (χ2n) is 4.61. The first-order valence-corrected chi connectivity index (χ1v) is 6.20. The van der Waals surface area contributed by atoms with Crippen molar-refractivity contribution in [3.05, 3.63) is 17.5 Å². The maximum Gasteiger partial charge on any atom is 0.0625 e. The highest BCUT2D eigenvalue weighted by Crippen LogP contribution is 2.19. The maximum atomic E-state index is 5.78. The molecular formula is C12H22N4. The molecule has 0 aromatic carbocycles. The van der Waals surface area contributed by atoms with Gasteiger partial charge in [0.1, 0.15) is 0 Å². The van der Waals surface area contributed by atoms with Gasteiger partial charge in [-0.05, 0) is 31.9 Å². The summed E-state index contributed by atoms with van der Waals surface area (Å²) < 4.78 is 2.00. The lowest BCUT2D eigenvalue weighted by atomic mass is 10.2. The Morgan fingerprint density at radius 3 is 3.00 bits per heavy atom. The first-order valence-electron chi connectivity index (χ1n) is 6.20. The van der Waals surface area contributed by atoms with E-state index < -0.39 is 0 Å². The van der Waals surface area contributed by atoms with Crippen molar-refractivity contribution in [3.8, 4) is 0 Å². The summed E-state index contributed by atoms with van der Waals surface area (Å²) in [5, 5.41) is 4.48. The Balaban J connectivity index is 2.05. The van der Waals surface area contributed by atoms with Gasteiger partial charge in [0.15, 0.2) is 0 Å². The van der Waals surface area contributed by atoms with Crippen LogP contribution in [0.4, 0.5) is 0 Å². The van der Waals surface area contributed by atoms with E-state index in [4.69, 9.17) is 5.73 Å². The fourth-order valence-corrected chi connectivity index (χ4v) is 2.47. The molecule has 0 spiro atoms. The van der Waals surface area contributed by atoms with Crippen LogP contribution in [0.25, 0.3) is 0 Å². The highest BCUT2D eigenvalue weighted by Gasteiger charge is 2.23. The summed E-state index contributed by atoms with van der Waals surface area (Å²) in [5.74, 6) is 0. The first kappa shape index (κ1) is 11.6. The summed E-state index contributed by atoms with van der Waals surface area (Å²) in [6.07, 6.45) is 3.53. The standard InChI is InChI=1S/C12H22N4/c1-3-10-7-12(15(2)14-10)9-16-6-4-5-11(16)8-13/h7,11H,3-6,8-9,13H2,1-2H3. The van der Waals surface area contributed by atoms with Crippen LogP contribution in [0.3, 0.4) is 0 Å². The zero-order valence-corrected chi connectivity index (χ0v) is 10.3. The zero-order chi connectivity index (χ0) is 11.5. The number of aryl methyl sites for hydroxylation is 2. The molecule has 0 bridgehead atoms. The summed E-state index contributed by atoms with van der Waals surface area (Å²) in [4.78, 5) is 2.48. The summed E-state index contributed by atoms with van der Waals surface area (Å²) in [7, 11) is 2.03. The molecule has 1 saturated heterocycles. The quantitative estimate of drug-likeness (QED) is 0.823. The molecule has 1 aromatic heterocycles. The molecule has 90 valence electrons. The summed E-state index contributed by atoms with van der Waals surface area (Å²) in [6.45, 7) is 5.09. The molecule has 1 atom stereocenters. The summed E-state index contributed by atoms with van der Waals surface area (Å²) >= 11 is 0. The molecule has 2 rings (SSSR count). The molecule has 1 aliphatic rings. The van der Waals surface area contributed by atoms with Crippen molar-refractivity contribution in [2.24, 2.45) is 12.8 Å². The Hall–Kier alpha value is -0.870. The highest BCUT2D eigenvalue weighted by atomic mass is 15.3. The van der Waals surface area contributed by atoms with Gasteiger partial charge in [-0.15, -0.1) is 0 Å². The van der Waals surface area contributed by atoms with E-state index in [1.165, 1.54) is 30.8 Å². The number of nitrogens with two attached hydrogens (primary N) is 1. The van der Waals surface area contributed by atoms with E-state index in [9.17, 15) is 0 Å². The maximum absolute atomic E-state index is 5.78. The van der Waals surface area contributed by atoms with Crippen LogP contribution in [0.2, 0.25) is 0 Å². The van der Waals surface area contributed by atoms with E-state index in [-0.39, 0.29) is 0 Å². The van der Waals surface area contributed by atoms with Crippen molar-refractivity contribution in [2.75, 3.05) is 13.1 Å². The number of hydrogen-bond acceptors (Lipinski definition) is 3. The molecule has 0 radical (unpaired) electrons. The van der Waals surface area contributed by atoms with Crippen molar-refractivity contribution in [3.63, 3.8) is 0 Å². The molecule has 16 heavy (non-hydrogen) atoms. The third-order valence-electron chi connectivity index (χ3n) is 3.53. The monoisotopic (exact) mass is 222 g/mol. The van der Waals surface area contributed by atoms with E-state index >= 15 is 0 Å². The number of aromatic nitrogens is 2. The highest BCUT2D eigenvalue weighted by molar-refractivity contribution is 5.10. The topological polar surface area (TPSA) is 47.1 Å². The van der Waals surface area contributed by atoms with Gasteiger partial charge in [-0.3, -0.25) is 9.58 Å². The minimum absolute atomic E-state index is 0.569. The fourth-order valence-electron chi connectivity index (χ4n) is 2.47. The average molecular weight is 222 g/mol. The fraction of sp³-hybridized carbons (Fsp3) is 0.750. The Labute approximate surface area is 97.4 Å². The Bertz CT molecular complexity index is 345. The average Bonchev–Trinajstić information content (AvgIpc) is 2.86. The second-order valence-corrected chi connectivity index (χ2v) is 4.61. The second kappa shape index (κ2) is 4.97. The molecule has 2 heterocycles. The number of nitrogens with zero attached hydrogens (tertiary/aromatic N) is 3. The lowest BCUT2D eigenvalue weighted by molar-refractivity contribution is 0.244. The van der Waals surface area contributed by atoms with E-state index in [0.29, 0.717) is 6.04 Å². The number of hydrogen-bond donors (Lipinski definition) is 1. The Morgan fingerprint density at radius 1 is 1.56 bits per heavy atom. The summed E-state index contributed by atoms with van der Waals surface area (Å²) in [6, 6.07) is 2.78. The van der Waals surface area contributed by atoms with Gasteiger partial charge in [0.05, 0.1) is 11.4 Å². The van der Waals surface area contributed by atoms with E-state index in [1.807, 2.05) is 11.7 Å². The SMILES string of the molecule is CCc1cc(CN2CCCC2CN)n(C)n1. The molecule has 4 heteroatoms. The van der Waals surface area contributed by atoms with Crippen LogP contribution >= 0.6 is 0 Å². The summed E-state index contributed by atoms with van der Waals surface area (Å²) in [5.41, 5.74) is 8.27. The third-order valence-corrected chi connectivity index (χ3v) is 3.53. The lowest BCUT2D eigenvalue weighted by Crippen LogP contribution is -2.35. The van der Waals surface area contributed by atoms with Crippen molar-refractivity contribution in [2.45, 2.75) is 38.8 Å². The van der Waals surface area contributed by atoms with Crippen LogP contribution in [0.1, 0.15) is 31.2 Å². The predicted octanol–water partition coefficient (Wildman–Crippen LogP) is 0.906. The van der Waals surface area contributed by atoms with Crippen molar-refractivity contribution in [1.82, 2.24) is 14.7 Å². The van der Waals surface area contributed by atoms with Gasteiger partial charge in [0.2, 0.25) is 0 Å². The van der Waals surface area contributed by atoms with Crippen LogP contribution in [-0.2, 0) is 20.0 Å². The van der Waals surface area contributed by atoms with Crippen molar-refractivity contribution < 1.29 is 0 Å². The lowest BCUT2D eigenvalue weighted by Gasteiger charge is -2.22. The van der Waals surface area contributed by atoms with Gasteiger partial charge in [0, 0.05) is 26.2 Å². The molecule has 1 fully saturated rings. The van der Waals surface area contributed by atoms with Gasteiger partial charge in [-0.2, -0.15) is 5.10 Å². The minimum atomic E-state index is 0.569. The molecule has 1 aliphatic heterocycles. The molecule has 1 unspecified atom stereocenters. The molecule has 0 amide bonds. The van der Waals surface area contributed by atoms with Gasteiger partial charge in [-0.25, -0.2) is 0 Å². The van der Waals surface area contributed by atoms with Gasteiger partial charge < -0.3 is 5.73 Å². The van der Waals surface area contributed by atoms with E-state index in [2.05, 4.69) is 23.0 Å². The molecule has 0 aliphatic carbocycles. The van der Waals surface area contributed by atoms with Gasteiger partial charge in [-0.1, -0.05) is 6.92 Å². The van der Waals surface area contributed by atoms with E-state index in [1.54, 1.807) is 0 Å². The van der Waals surface area contributed by atoms with Crippen molar-refractivity contribution in [1.29, 1.82) is 0 Å². The first-order chi connectivity index (χ1) is 7.74. The van der Waals surface area contributed by atoms with Crippen LogP contribution in [0.5, 0.6) is 0 Å². The molecule has 1 aromatic rings. The predicted molar refractivity (Wildman–Crippen MR) is 65.1 cm³/mol. The Morgan fingerprint density at radius 2 is 2.38 bits per heavy atom. The molecular weight excluding hydrogens is 200 g/mol. The van der Waals surface area contributed by atoms with Crippen LogP contribution in [-0.4, -0.2) is 33.8 Å². The molecule has 0 saturated carbocycles.